The van der Waals surface area contributed by atoms with E-state index < -0.39 is 0 Å². The molecule has 4 rings (SSSR count). The second-order valence-electron chi connectivity index (χ2n) is 6.78. The van der Waals surface area contributed by atoms with Gasteiger partial charge in [-0.05, 0) is 43.4 Å². The molecular weight excluding hydrogens is 334 g/mol. The highest BCUT2D eigenvalue weighted by molar-refractivity contribution is 7.15. The molecule has 1 aliphatic heterocycles. The third-order valence-electron chi connectivity index (χ3n) is 5.22. The standard InChI is InChI=1S/C19H23N3O2S/c1-14(23)20-10-12-21(13-11-20)18(24)17-15-6-2-3-7-16(15)25-19(17)22-8-4-5-9-22/h4-5,8-9H,2-3,6-7,10-13H2,1H3. The first kappa shape index (κ1) is 16.4. The second-order valence-corrected chi connectivity index (χ2v) is 7.86. The molecule has 3 heterocycles. The summed E-state index contributed by atoms with van der Waals surface area (Å²) in [6.07, 6.45) is 8.49. The van der Waals surface area contributed by atoms with Crippen molar-refractivity contribution in [2.75, 3.05) is 26.2 Å². The molecule has 0 aromatic carbocycles. The summed E-state index contributed by atoms with van der Waals surface area (Å²) in [6, 6.07) is 4.00. The number of nitrogens with zero attached hydrogens (tertiary/aromatic N) is 3. The highest BCUT2D eigenvalue weighted by Crippen LogP contribution is 2.37. The predicted molar refractivity (Wildman–Crippen MR) is 98.4 cm³/mol. The van der Waals surface area contributed by atoms with E-state index in [0.717, 1.165) is 29.8 Å². The molecule has 2 aliphatic rings. The first-order valence-corrected chi connectivity index (χ1v) is 9.79. The van der Waals surface area contributed by atoms with E-state index in [9.17, 15) is 9.59 Å². The first-order valence-electron chi connectivity index (χ1n) is 8.98. The van der Waals surface area contributed by atoms with Crippen LogP contribution in [0.5, 0.6) is 0 Å². The smallest absolute Gasteiger partial charge is 0.257 e. The molecule has 0 saturated carbocycles. The number of thiophene rings is 1. The van der Waals surface area contributed by atoms with E-state index in [1.165, 1.54) is 16.9 Å². The Morgan fingerprint density at radius 3 is 2.28 bits per heavy atom. The Morgan fingerprint density at radius 2 is 1.60 bits per heavy atom. The summed E-state index contributed by atoms with van der Waals surface area (Å²) in [6.45, 7) is 4.09. The predicted octanol–water partition coefficient (Wildman–Crippen LogP) is 2.72. The van der Waals surface area contributed by atoms with Crippen molar-refractivity contribution in [3.05, 3.63) is 40.5 Å². The van der Waals surface area contributed by atoms with E-state index in [1.807, 2.05) is 34.3 Å². The Balaban J connectivity index is 1.66. The third kappa shape index (κ3) is 2.99. The van der Waals surface area contributed by atoms with Gasteiger partial charge in [0.25, 0.3) is 5.91 Å². The van der Waals surface area contributed by atoms with E-state index in [0.29, 0.717) is 26.2 Å². The molecule has 1 aliphatic carbocycles. The van der Waals surface area contributed by atoms with Crippen molar-refractivity contribution < 1.29 is 9.59 Å². The minimum atomic E-state index is 0.0908. The van der Waals surface area contributed by atoms with Gasteiger partial charge in [0.2, 0.25) is 5.91 Å². The third-order valence-corrected chi connectivity index (χ3v) is 6.52. The number of piperazine rings is 1. The molecule has 0 spiro atoms. The summed E-state index contributed by atoms with van der Waals surface area (Å²) >= 11 is 1.77. The number of aromatic nitrogens is 1. The van der Waals surface area contributed by atoms with Gasteiger partial charge in [0, 0.05) is 50.4 Å². The zero-order valence-corrected chi connectivity index (χ0v) is 15.3. The molecule has 0 radical (unpaired) electrons. The maximum absolute atomic E-state index is 13.3. The van der Waals surface area contributed by atoms with Gasteiger partial charge in [-0.25, -0.2) is 0 Å². The first-order chi connectivity index (χ1) is 12.1. The zero-order valence-electron chi connectivity index (χ0n) is 14.5. The molecule has 1 fully saturated rings. The Labute approximate surface area is 151 Å². The summed E-state index contributed by atoms with van der Waals surface area (Å²) in [5.41, 5.74) is 2.16. The molecule has 0 bridgehead atoms. The van der Waals surface area contributed by atoms with E-state index in [2.05, 4.69) is 4.57 Å². The van der Waals surface area contributed by atoms with Crippen LogP contribution in [0.3, 0.4) is 0 Å². The molecule has 0 N–H and O–H groups in total. The largest absolute Gasteiger partial charge is 0.339 e. The summed E-state index contributed by atoms with van der Waals surface area (Å²) in [7, 11) is 0. The topological polar surface area (TPSA) is 45.6 Å². The molecule has 2 aromatic rings. The Hall–Kier alpha value is -2.08. The van der Waals surface area contributed by atoms with Crippen LogP contribution < -0.4 is 0 Å². The number of hydrogen-bond donors (Lipinski definition) is 0. The van der Waals surface area contributed by atoms with Gasteiger partial charge in [-0.2, -0.15) is 0 Å². The average Bonchev–Trinajstić information content (AvgIpc) is 3.28. The van der Waals surface area contributed by atoms with Crippen molar-refractivity contribution in [2.45, 2.75) is 32.6 Å². The number of rotatable bonds is 2. The molecule has 5 nitrogen and oxygen atoms in total. The van der Waals surface area contributed by atoms with Crippen LogP contribution in [0.15, 0.2) is 24.5 Å². The minimum Gasteiger partial charge on any atom is -0.339 e. The lowest BCUT2D eigenvalue weighted by atomic mass is 9.95. The number of hydrogen-bond acceptors (Lipinski definition) is 3. The van der Waals surface area contributed by atoms with Gasteiger partial charge < -0.3 is 14.4 Å². The Morgan fingerprint density at radius 1 is 0.960 bits per heavy atom. The van der Waals surface area contributed by atoms with Crippen molar-refractivity contribution in [2.24, 2.45) is 0 Å². The van der Waals surface area contributed by atoms with Gasteiger partial charge in [-0.15, -0.1) is 11.3 Å². The van der Waals surface area contributed by atoms with Gasteiger partial charge >= 0.3 is 0 Å². The highest BCUT2D eigenvalue weighted by Gasteiger charge is 2.31. The van der Waals surface area contributed by atoms with Gasteiger partial charge in [0.15, 0.2) is 0 Å². The van der Waals surface area contributed by atoms with Crippen LogP contribution in [-0.2, 0) is 17.6 Å². The summed E-state index contributed by atoms with van der Waals surface area (Å²) in [5, 5.41) is 1.05. The number of carbonyl (C=O) groups is 2. The van der Waals surface area contributed by atoms with Gasteiger partial charge in [0.05, 0.1) is 5.56 Å². The van der Waals surface area contributed by atoms with Crippen molar-refractivity contribution in [1.82, 2.24) is 14.4 Å². The average molecular weight is 357 g/mol. The fourth-order valence-electron chi connectivity index (χ4n) is 3.81. The number of carbonyl (C=O) groups excluding carboxylic acids is 2. The summed E-state index contributed by atoms with van der Waals surface area (Å²) < 4.78 is 2.07. The van der Waals surface area contributed by atoms with Gasteiger partial charge in [-0.1, -0.05) is 0 Å². The lowest BCUT2D eigenvalue weighted by molar-refractivity contribution is -0.130. The van der Waals surface area contributed by atoms with Crippen LogP contribution in [-0.4, -0.2) is 52.4 Å². The van der Waals surface area contributed by atoms with Crippen molar-refractivity contribution >= 4 is 23.2 Å². The van der Waals surface area contributed by atoms with Crippen LogP contribution in [0.25, 0.3) is 5.00 Å². The maximum Gasteiger partial charge on any atom is 0.257 e. The molecule has 2 aromatic heterocycles. The highest BCUT2D eigenvalue weighted by atomic mass is 32.1. The molecule has 0 atom stereocenters. The molecule has 0 unspecified atom stereocenters. The minimum absolute atomic E-state index is 0.0908. The second kappa shape index (κ2) is 6.67. The summed E-state index contributed by atoms with van der Waals surface area (Å²) in [5.74, 6) is 0.222. The van der Waals surface area contributed by atoms with E-state index in [4.69, 9.17) is 0 Å². The number of aryl methyl sites for hydroxylation is 1. The monoisotopic (exact) mass is 357 g/mol. The van der Waals surface area contributed by atoms with Crippen LogP contribution in [0.4, 0.5) is 0 Å². The van der Waals surface area contributed by atoms with Crippen LogP contribution in [0.2, 0.25) is 0 Å². The van der Waals surface area contributed by atoms with Crippen LogP contribution in [0, 0.1) is 0 Å². The number of fused-ring (bicyclic) bond motifs is 1. The molecule has 132 valence electrons. The van der Waals surface area contributed by atoms with Crippen molar-refractivity contribution in [3.8, 4) is 5.00 Å². The maximum atomic E-state index is 13.3. The molecule has 2 amide bonds. The molecular formula is C19H23N3O2S. The van der Waals surface area contributed by atoms with E-state index >= 15 is 0 Å². The Kier molecular flexibility index (Phi) is 4.37. The molecule has 6 heteroatoms. The van der Waals surface area contributed by atoms with E-state index in [-0.39, 0.29) is 11.8 Å². The SMILES string of the molecule is CC(=O)N1CCN(C(=O)c2c(-n3cccc3)sc3c2CCCC3)CC1. The summed E-state index contributed by atoms with van der Waals surface area (Å²) in [4.78, 5) is 30.0. The van der Waals surface area contributed by atoms with Crippen LogP contribution >= 0.6 is 11.3 Å². The van der Waals surface area contributed by atoms with Crippen LogP contribution in [0.1, 0.15) is 40.6 Å². The van der Waals surface area contributed by atoms with Crippen molar-refractivity contribution in [3.63, 3.8) is 0 Å². The molecule has 1 saturated heterocycles. The number of amides is 2. The Bertz CT molecular complexity index is 786. The quantitative estimate of drug-likeness (QED) is 0.830. The lowest BCUT2D eigenvalue weighted by Crippen LogP contribution is -2.50. The lowest BCUT2D eigenvalue weighted by Gasteiger charge is -2.34. The van der Waals surface area contributed by atoms with E-state index in [1.54, 1.807) is 18.3 Å². The fourth-order valence-corrected chi connectivity index (χ4v) is 5.15. The van der Waals surface area contributed by atoms with Crippen molar-refractivity contribution in [1.29, 1.82) is 0 Å². The molecule has 25 heavy (non-hydrogen) atoms. The fraction of sp³-hybridized carbons (Fsp3) is 0.474. The van der Waals surface area contributed by atoms with Gasteiger partial charge in [-0.3, -0.25) is 9.59 Å². The zero-order chi connectivity index (χ0) is 17.4. The van der Waals surface area contributed by atoms with Gasteiger partial charge in [0.1, 0.15) is 5.00 Å². The normalized spacial score (nSPS) is 17.5.